The molecule has 0 fully saturated rings. The zero-order valence-electron chi connectivity index (χ0n) is 8.70. The van der Waals surface area contributed by atoms with Gasteiger partial charge >= 0.3 is 0 Å². The van der Waals surface area contributed by atoms with Gasteiger partial charge in [0.25, 0.3) is 0 Å². The molecule has 0 atom stereocenters. The van der Waals surface area contributed by atoms with Gasteiger partial charge in [-0.1, -0.05) is 6.07 Å². The van der Waals surface area contributed by atoms with E-state index < -0.39 is 0 Å². The van der Waals surface area contributed by atoms with Gasteiger partial charge in [-0.3, -0.25) is 0 Å². The maximum atomic E-state index is 10.1. The number of rotatable bonds is 6. The minimum atomic E-state index is 0.553. The first-order valence-corrected chi connectivity index (χ1v) is 5.02. The van der Waals surface area contributed by atoms with Crippen molar-refractivity contribution in [2.45, 2.75) is 12.8 Å². The Balaban J connectivity index is 2.34. The Kier molecular flexibility index (Phi) is 4.63. The van der Waals surface area contributed by atoms with Gasteiger partial charge in [-0.05, 0) is 30.7 Å². The number of hydrogen-bond acceptors (Lipinski definition) is 4. The average molecular weight is 207 g/mol. The minimum Gasteiger partial charge on any atom is -0.399 e. The van der Waals surface area contributed by atoms with Crippen molar-refractivity contribution in [2.24, 2.45) is 0 Å². The topological polar surface area (TPSA) is 81.1 Å². The molecule has 0 radical (unpaired) electrons. The van der Waals surface area contributed by atoms with Gasteiger partial charge in [0.15, 0.2) is 0 Å². The molecule has 4 nitrogen and oxygen atoms in total. The highest BCUT2D eigenvalue weighted by molar-refractivity contribution is 5.56. The molecule has 5 N–H and O–H groups in total. The third kappa shape index (κ3) is 3.99. The highest BCUT2D eigenvalue weighted by atomic mass is 16.1. The van der Waals surface area contributed by atoms with Crippen molar-refractivity contribution in [1.29, 1.82) is 0 Å². The van der Waals surface area contributed by atoms with E-state index in [4.69, 9.17) is 11.5 Å². The van der Waals surface area contributed by atoms with E-state index in [2.05, 4.69) is 5.32 Å². The second kappa shape index (κ2) is 6.03. The molecule has 15 heavy (non-hydrogen) atoms. The van der Waals surface area contributed by atoms with Crippen molar-refractivity contribution in [3.8, 4) is 0 Å². The van der Waals surface area contributed by atoms with E-state index >= 15 is 0 Å². The third-order valence-electron chi connectivity index (χ3n) is 2.18. The molecule has 0 aliphatic carbocycles. The second-order valence-corrected chi connectivity index (χ2v) is 3.41. The summed E-state index contributed by atoms with van der Waals surface area (Å²) in [5, 5.41) is 3.16. The van der Waals surface area contributed by atoms with Crippen molar-refractivity contribution in [3.63, 3.8) is 0 Å². The molecule has 0 bridgehead atoms. The summed E-state index contributed by atoms with van der Waals surface area (Å²) in [4.78, 5) is 10.1. The van der Waals surface area contributed by atoms with Crippen LogP contribution >= 0.6 is 0 Å². The number of nitrogens with one attached hydrogen (secondary N) is 1. The average Bonchev–Trinajstić information content (AvgIpc) is 2.20. The fourth-order valence-corrected chi connectivity index (χ4v) is 1.35. The second-order valence-electron chi connectivity index (χ2n) is 3.41. The summed E-state index contributed by atoms with van der Waals surface area (Å²) >= 11 is 0. The first-order valence-electron chi connectivity index (χ1n) is 5.02. The van der Waals surface area contributed by atoms with Gasteiger partial charge in [0, 0.05) is 24.3 Å². The number of benzene rings is 1. The third-order valence-corrected chi connectivity index (χ3v) is 2.18. The Hall–Kier alpha value is -1.55. The van der Waals surface area contributed by atoms with Crippen LogP contribution in [0.4, 0.5) is 11.4 Å². The first-order chi connectivity index (χ1) is 7.24. The van der Waals surface area contributed by atoms with Crippen molar-refractivity contribution < 1.29 is 4.79 Å². The van der Waals surface area contributed by atoms with Gasteiger partial charge in [0.05, 0.1) is 0 Å². The van der Waals surface area contributed by atoms with Crippen LogP contribution in [0.2, 0.25) is 0 Å². The lowest BCUT2D eigenvalue weighted by molar-refractivity contribution is -0.107. The number of carbonyl (C=O) groups excluding carboxylic acids is 1. The summed E-state index contributed by atoms with van der Waals surface area (Å²) in [7, 11) is 0. The summed E-state index contributed by atoms with van der Waals surface area (Å²) in [6.07, 6.45) is 2.31. The molecule has 0 amide bonds. The molecule has 0 spiro atoms. The van der Waals surface area contributed by atoms with Crippen LogP contribution < -0.4 is 16.8 Å². The fraction of sp³-hybridized carbons (Fsp3) is 0.364. The summed E-state index contributed by atoms with van der Waals surface area (Å²) in [6, 6.07) is 5.55. The number of nitrogens with two attached hydrogens (primary N) is 2. The lowest BCUT2D eigenvalue weighted by Crippen LogP contribution is -2.19. The van der Waals surface area contributed by atoms with Gasteiger partial charge in [-0.15, -0.1) is 0 Å². The van der Waals surface area contributed by atoms with Gasteiger partial charge in [0.2, 0.25) is 0 Å². The Morgan fingerprint density at radius 1 is 1.27 bits per heavy atom. The van der Waals surface area contributed by atoms with Gasteiger partial charge < -0.3 is 21.6 Å². The van der Waals surface area contributed by atoms with Crippen LogP contribution in [0.5, 0.6) is 0 Å². The van der Waals surface area contributed by atoms with E-state index in [1.54, 1.807) is 6.07 Å². The zero-order valence-corrected chi connectivity index (χ0v) is 8.70. The maximum absolute atomic E-state index is 10.1. The molecular formula is C11H17N3O. The Morgan fingerprint density at radius 3 is 2.73 bits per heavy atom. The van der Waals surface area contributed by atoms with E-state index in [1.165, 1.54) is 0 Å². The molecule has 1 aromatic carbocycles. The van der Waals surface area contributed by atoms with Crippen molar-refractivity contribution in [1.82, 2.24) is 5.32 Å². The van der Waals surface area contributed by atoms with E-state index in [1.807, 2.05) is 12.1 Å². The predicted molar refractivity (Wildman–Crippen MR) is 62.5 cm³/mol. The largest absolute Gasteiger partial charge is 0.399 e. The Morgan fingerprint density at radius 2 is 2.07 bits per heavy atom. The van der Waals surface area contributed by atoms with E-state index in [9.17, 15) is 4.79 Å². The maximum Gasteiger partial charge on any atom is 0.121 e. The molecule has 0 saturated heterocycles. The summed E-state index contributed by atoms with van der Waals surface area (Å²) < 4.78 is 0. The number of carbonyl (C=O) groups is 1. The van der Waals surface area contributed by atoms with E-state index in [0.29, 0.717) is 12.1 Å². The Labute approximate surface area is 89.6 Å². The molecule has 1 aromatic rings. The van der Waals surface area contributed by atoms with Crippen LogP contribution in [0.25, 0.3) is 0 Å². The Bertz CT molecular complexity index is 326. The molecule has 0 unspecified atom stereocenters. The number of nitrogen functional groups attached to an aromatic ring is 2. The van der Waals surface area contributed by atoms with Crippen LogP contribution in [-0.2, 0) is 11.2 Å². The molecular weight excluding hydrogens is 190 g/mol. The van der Waals surface area contributed by atoms with Gasteiger partial charge in [-0.2, -0.15) is 0 Å². The molecule has 0 saturated carbocycles. The summed E-state index contributed by atoms with van der Waals surface area (Å²) in [5.74, 6) is 0. The molecule has 4 heteroatoms. The fourth-order valence-electron chi connectivity index (χ4n) is 1.35. The minimum absolute atomic E-state index is 0.553. The number of hydrogen-bond donors (Lipinski definition) is 3. The molecule has 0 aliphatic heterocycles. The molecule has 0 aliphatic rings. The number of aldehydes is 1. The van der Waals surface area contributed by atoms with Crippen molar-refractivity contribution in [3.05, 3.63) is 23.8 Å². The summed E-state index contributed by atoms with van der Waals surface area (Å²) in [6.45, 7) is 1.54. The van der Waals surface area contributed by atoms with Crippen LogP contribution in [0.15, 0.2) is 18.2 Å². The predicted octanol–water partition coefficient (Wildman–Crippen LogP) is 0.572. The monoisotopic (exact) mass is 207 g/mol. The zero-order chi connectivity index (χ0) is 11.1. The van der Waals surface area contributed by atoms with Crippen molar-refractivity contribution >= 4 is 17.7 Å². The molecule has 0 aromatic heterocycles. The van der Waals surface area contributed by atoms with Crippen LogP contribution in [0.1, 0.15) is 12.0 Å². The first kappa shape index (κ1) is 11.5. The highest BCUT2D eigenvalue weighted by Gasteiger charge is 1.98. The standard InChI is InChI=1S/C11H17N3O/c12-10-3-2-9(11(13)8-10)4-6-14-5-1-7-15/h2-3,7-8,14H,1,4-6,12-13H2. The van der Waals surface area contributed by atoms with Gasteiger partial charge in [0.1, 0.15) is 6.29 Å². The van der Waals surface area contributed by atoms with Crippen LogP contribution in [-0.4, -0.2) is 19.4 Å². The van der Waals surface area contributed by atoms with E-state index in [0.717, 1.165) is 37.0 Å². The van der Waals surface area contributed by atoms with Gasteiger partial charge in [-0.25, -0.2) is 0 Å². The molecule has 82 valence electrons. The van der Waals surface area contributed by atoms with Crippen LogP contribution in [0, 0.1) is 0 Å². The van der Waals surface area contributed by atoms with E-state index in [-0.39, 0.29) is 0 Å². The quantitative estimate of drug-likeness (QED) is 0.362. The molecule has 0 heterocycles. The SMILES string of the molecule is Nc1ccc(CCNCCC=O)c(N)c1. The van der Waals surface area contributed by atoms with Crippen molar-refractivity contribution in [2.75, 3.05) is 24.6 Å². The smallest absolute Gasteiger partial charge is 0.121 e. The highest BCUT2D eigenvalue weighted by Crippen LogP contribution is 2.15. The molecule has 1 rings (SSSR count). The van der Waals surface area contributed by atoms with Crippen LogP contribution in [0.3, 0.4) is 0 Å². The number of anilines is 2. The lowest BCUT2D eigenvalue weighted by Gasteiger charge is -2.07. The lowest BCUT2D eigenvalue weighted by atomic mass is 10.1. The summed E-state index contributed by atoms with van der Waals surface area (Å²) in [5.41, 5.74) is 13.9. The normalized spacial score (nSPS) is 10.1.